The number of esters is 1. The fourth-order valence-electron chi connectivity index (χ4n) is 1.52. The number of allylic oxidation sites excluding steroid dienone is 1. The van der Waals surface area contributed by atoms with E-state index in [1.165, 1.54) is 6.92 Å². The Morgan fingerprint density at radius 2 is 1.83 bits per heavy atom. The minimum atomic E-state index is -0.476. The summed E-state index contributed by atoms with van der Waals surface area (Å²) in [6.07, 6.45) is 2.60. The smallest absolute Gasteiger partial charge is 0.338 e. The summed E-state index contributed by atoms with van der Waals surface area (Å²) in [5, 5.41) is 8.83. The van der Waals surface area contributed by atoms with Gasteiger partial charge in [0.1, 0.15) is 0 Å². The standard InChI is InChI=1S/C14H22O4/c1-5-10(3)13(14(17)18-6-2)12(11(4)16)8-7-9-15/h8,15H,5-7,9H2,1-4H3/b12-8+,13-10-. The molecule has 0 spiro atoms. The summed E-state index contributed by atoms with van der Waals surface area (Å²) in [5.74, 6) is -0.671. The van der Waals surface area contributed by atoms with Crippen LogP contribution < -0.4 is 0 Å². The summed E-state index contributed by atoms with van der Waals surface area (Å²) in [5.41, 5.74) is 1.48. The third-order valence-electron chi connectivity index (χ3n) is 2.56. The van der Waals surface area contributed by atoms with Gasteiger partial charge < -0.3 is 9.84 Å². The normalized spacial score (nSPS) is 13.1. The van der Waals surface area contributed by atoms with E-state index >= 15 is 0 Å². The predicted octanol–water partition coefficient (Wildman–Crippen LogP) is 2.17. The summed E-state index contributed by atoms with van der Waals surface area (Å²) in [7, 11) is 0. The Morgan fingerprint density at radius 1 is 1.22 bits per heavy atom. The van der Waals surface area contributed by atoms with Crippen LogP contribution in [0.4, 0.5) is 0 Å². The molecule has 0 atom stereocenters. The average Bonchev–Trinajstić information content (AvgIpc) is 2.33. The quantitative estimate of drug-likeness (QED) is 0.429. The number of carbonyl (C=O) groups excluding carboxylic acids is 2. The van der Waals surface area contributed by atoms with Gasteiger partial charge in [0, 0.05) is 12.2 Å². The maximum Gasteiger partial charge on any atom is 0.338 e. The second-order valence-corrected chi connectivity index (χ2v) is 3.92. The van der Waals surface area contributed by atoms with Crippen LogP contribution in [0, 0.1) is 0 Å². The lowest BCUT2D eigenvalue weighted by Gasteiger charge is -2.12. The summed E-state index contributed by atoms with van der Waals surface area (Å²) in [4.78, 5) is 23.5. The molecule has 0 radical (unpaired) electrons. The molecule has 0 aliphatic carbocycles. The number of ether oxygens (including phenoxy) is 1. The van der Waals surface area contributed by atoms with E-state index in [0.717, 1.165) is 5.57 Å². The van der Waals surface area contributed by atoms with Crippen LogP contribution in [-0.4, -0.2) is 30.1 Å². The molecule has 0 bridgehead atoms. The van der Waals surface area contributed by atoms with Crippen molar-refractivity contribution in [2.45, 2.75) is 40.5 Å². The van der Waals surface area contributed by atoms with Crippen molar-refractivity contribution in [1.82, 2.24) is 0 Å². The maximum atomic E-state index is 11.9. The molecule has 0 aromatic rings. The van der Waals surface area contributed by atoms with E-state index in [4.69, 9.17) is 9.84 Å². The SMILES string of the molecule is CCOC(=O)C(/C(=C/CCO)C(C)=O)=C(/C)CC. The van der Waals surface area contributed by atoms with Gasteiger partial charge in [-0.3, -0.25) is 4.79 Å². The lowest BCUT2D eigenvalue weighted by Crippen LogP contribution is -2.15. The van der Waals surface area contributed by atoms with Gasteiger partial charge in [0.25, 0.3) is 0 Å². The van der Waals surface area contributed by atoms with Crippen LogP contribution in [0.25, 0.3) is 0 Å². The van der Waals surface area contributed by atoms with E-state index in [9.17, 15) is 9.59 Å². The summed E-state index contributed by atoms with van der Waals surface area (Å²) >= 11 is 0. The lowest BCUT2D eigenvalue weighted by atomic mass is 9.95. The molecule has 0 saturated heterocycles. The van der Waals surface area contributed by atoms with E-state index < -0.39 is 5.97 Å². The molecule has 1 N–H and O–H groups in total. The number of aliphatic hydroxyl groups excluding tert-OH is 1. The Kier molecular flexibility index (Phi) is 7.96. The molecule has 0 saturated carbocycles. The van der Waals surface area contributed by atoms with Gasteiger partial charge in [0.2, 0.25) is 0 Å². The minimum Gasteiger partial charge on any atom is -0.462 e. The summed E-state index contributed by atoms with van der Waals surface area (Å²) in [6.45, 7) is 7.07. The number of hydrogen-bond acceptors (Lipinski definition) is 4. The number of Topliss-reactive ketones (excluding diaryl/α,β-unsaturated/α-hetero) is 1. The van der Waals surface area contributed by atoms with Crippen molar-refractivity contribution in [2.75, 3.05) is 13.2 Å². The number of ketones is 1. The highest BCUT2D eigenvalue weighted by atomic mass is 16.5. The van der Waals surface area contributed by atoms with Gasteiger partial charge in [-0.2, -0.15) is 0 Å². The summed E-state index contributed by atoms with van der Waals surface area (Å²) in [6, 6.07) is 0. The highest BCUT2D eigenvalue weighted by Crippen LogP contribution is 2.20. The second kappa shape index (κ2) is 8.64. The van der Waals surface area contributed by atoms with Crippen molar-refractivity contribution >= 4 is 11.8 Å². The van der Waals surface area contributed by atoms with Gasteiger partial charge >= 0.3 is 5.97 Å². The Hall–Kier alpha value is -1.42. The highest BCUT2D eigenvalue weighted by Gasteiger charge is 2.21. The molecule has 0 aliphatic heterocycles. The molecule has 0 amide bonds. The maximum absolute atomic E-state index is 11.9. The van der Waals surface area contributed by atoms with Gasteiger partial charge in [-0.05, 0) is 33.6 Å². The van der Waals surface area contributed by atoms with Crippen molar-refractivity contribution in [3.8, 4) is 0 Å². The molecule has 0 aliphatic rings. The van der Waals surface area contributed by atoms with E-state index in [2.05, 4.69) is 0 Å². The highest BCUT2D eigenvalue weighted by molar-refractivity contribution is 6.09. The van der Waals surface area contributed by atoms with Gasteiger partial charge in [-0.25, -0.2) is 4.79 Å². The van der Waals surface area contributed by atoms with Crippen molar-refractivity contribution < 1.29 is 19.4 Å². The van der Waals surface area contributed by atoms with Crippen LogP contribution in [0.15, 0.2) is 22.8 Å². The lowest BCUT2D eigenvalue weighted by molar-refractivity contribution is -0.138. The van der Waals surface area contributed by atoms with Crippen LogP contribution in [0.1, 0.15) is 40.5 Å². The molecule has 0 rings (SSSR count). The van der Waals surface area contributed by atoms with E-state index in [1.54, 1.807) is 13.0 Å². The third kappa shape index (κ3) is 4.84. The molecule has 0 fully saturated rings. The second-order valence-electron chi connectivity index (χ2n) is 3.92. The topological polar surface area (TPSA) is 63.6 Å². The molecule has 18 heavy (non-hydrogen) atoms. The Morgan fingerprint density at radius 3 is 2.22 bits per heavy atom. The molecule has 0 aromatic heterocycles. The molecule has 0 aromatic carbocycles. The van der Waals surface area contributed by atoms with Crippen LogP contribution in [0.3, 0.4) is 0 Å². The number of carbonyl (C=O) groups is 2. The fourth-order valence-corrected chi connectivity index (χ4v) is 1.52. The number of aliphatic hydroxyl groups is 1. The van der Waals surface area contributed by atoms with Crippen molar-refractivity contribution in [3.05, 3.63) is 22.8 Å². The van der Waals surface area contributed by atoms with Gasteiger partial charge in [-0.1, -0.05) is 18.6 Å². The van der Waals surface area contributed by atoms with Gasteiger partial charge in [-0.15, -0.1) is 0 Å². The van der Waals surface area contributed by atoms with Crippen LogP contribution >= 0.6 is 0 Å². The Balaban J connectivity index is 5.54. The first-order chi connectivity index (χ1) is 8.49. The molecular weight excluding hydrogens is 232 g/mol. The van der Waals surface area contributed by atoms with Crippen LogP contribution in [0.2, 0.25) is 0 Å². The molecule has 0 unspecified atom stereocenters. The molecule has 102 valence electrons. The zero-order valence-electron chi connectivity index (χ0n) is 11.6. The monoisotopic (exact) mass is 254 g/mol. The van der Waals surface area contributed by atoms with Crippen molar-refractivity contribution in [3.63, 3.8) is 0 Å². The van der Waals surface area contributed by atoms with E-state index in [-0.39, 0.29) is 19.0 Å². The summed E-state index contributed by atoms with van der Waals surface area (Å²) < 4.78 is 4.99. The zero-order chi connectivity index (χ0) is 14.1. The largest absolute Gasteiger partial charge is 0.462 e. The third-order valence-corrected chi connectivity index (χ3v) is 2.56. The molecule has 4 nitrogen and oxygen atoms in total. The molecule has 0 heterocycles. The van der Waals surface area contributed by atoms with Gasteiger partial charge in [0.05, 0.1) is 12.2 Å². The first-order valence-corrected chi connectivity index (χ1v) is 6.18. The van der Waals surface area contributed by atoms with Gasteiger partial charge in [0.15, 0.2) is 5.78 Å². The van der Waals surface area contributed by atoms with Crippen LogP contribution in [-0.2, 0) is 14.3 Å². The van der Waals surface area contributed by atoms with Crippen molar-refractivity contribution in [1.29, 1.82) is 0 Å². The van der Waals surface area contributed by atoms with Crippen molar-refractivity contribution in [2.24, 2.45) is 0 Å². The molecule has 4 heteroatoms. The number of rotatable bonds is 7. The first kappa shape index (κ1) is 16.6. The average molecular weight is 254 g/mol. The van der Waals surface area contributed by atoms with E-state index in [0.29, 0.717) is 24.0 Å². The first-order valence-electron chi connectivity index (χ1n) is 6.18. The molecular formula is C14H22O4. The number of hydrogen-bond donors (Lipinski definition) is 1. The Bertz CT molecular complexity index is 364. The van der Waals surface area contributed by atoms with Crippen LogP contribution in [0.5, 0.6) is 0 Å². The minimum absolute atomic E-state index is 0.0575. The zero-order valence-corrected chi connectivity index (χ0v) is 11.6. The Labute approximate surface area is 108 Å². The van der Waals surface area contributed by atoms with E-state index in [1.807, 2.05) is 13.8 Å². The fraction of sp³-hybridized carbons (Fsp3) is 0.571. The predicted molar refractivity (Wildman–Crippen MR) is 70.1 cm³/mol.